The molecule has 7 heteroatoms. The number of amides is 1. The van der Waals surface area contributed by atoms with Gasteiger partial charge in [-0.2, -0.15) is 0 Å². The zero-order chi connectivity index (χ0) is 25.8. The first-order valence-electron chi connectivity index (χ1n) is 12.8. The maximum absolute atomic E-state index is 12.8. The Hall–Kier alpha value is -4.13. The molecule has 7 nitrogen and oxygen atoms in total. The molecule has 1 amide bonds. The van der Waals surface area contributed by atoms with Crippen LogP contribution in [0.2, 0.25) is 0 Å². The summed E-state index contributed by atoms with van der Waals surface area (Å²) in [5.41, 5.74) is 4.46. The second kappa shape index (κ2) is 10.9. The quantitative estimate of drug-likeness (QED) is 0.317. The van der Waals surface area contributed by atoms with Gasteiger partial charge in [0.15, 0.2) is 0 Å². The lowest BCUT2D eigenvalue weighted by Crippen LogP contribution is -2.25. The van der Waals surface area contributed by atoms with Crippen LogP contribution in [0, 0.1) is 0 Å². The maximum Gasteiger partial charge on any atom is 0.335 e. The fourth-order valence-corrected chi connectivity index (χ4v) is 5.17. The fraction of sp³-hybridized carbons (Fsp3) is 0.300. The highest BCUT2D eigenvalue weighted by atomic mass is 16.5. The molecule has 1 saturated carbocycles. The third-order valence-electron chi connectivity index (χ3n) is 7.11. The van der Waals surface area contributed by atoms with Gasteiger partial charge in [0.1, 0.15) is 11.6 Å². The van der Waals surface area contributed by atoms with Gasteiger partial charge in [-0.25, -0.2) is 9.78 Å². The van der Waals surface area contributed by atoms with E-state index in [1.54, 1.807) is 19.2 Å². The minimum atomic E-state index is -0.961. The Balaban J connectivity index is 1.36. The summed E-state index contributed by atoms with van der Waals surface area (Å²) in [4.78, 5) is 29.1. The Kier molecular flexibility index (Phi) is 7.21. The van der Waals surface area contributed by atoms with Crippen LogP contribution >= 0.6 is 0 Å². The van der Waals surface area contributed by atoms with Crippen LogP contribution in [-0.4, -0.2) is 40.2 Å². The molecule has 1 aliphatic carbocycles. The van der Waals surface area contributed by atoms with E-state index in [0.717, 1.165) is 41.1 Å². The van der Waals surface area contributed by atoms with Gasteiger partial charge in [0.05, 0.1) is 23.7 Å². The van der Waals surface area contributed by atoms with E-state index < -0.39 is 5.97 Å². The Bertz CT molecular complexity index is 1420. The van der Waals surface area contributed by atoms with Crippen LogP contribution < -0.4 is 10.1 Å². The van der Waals surface area contributed by atoms with Gasteiger partial charge in [0.2, 0.25) is 0 Å². The minimum absolute atomic E-state index is 0.124. The van der Waals surface area contributed by atoms with Crippen LogP contribution in [0.15, 0.2) is 66.7 Å². The number of nitrogens with one attached hydrogen (secondary N) is 1. The van der Waals surface area contributed by atoms with Gasteiger partial charge in [-0.05, 0) is 67.3 Å². The van der Waals surface area contributed by atoms with Crippen molar-refractivity contribution in [2.75, 3.05) is 13.7 Å². The van der Waals surface area contributed by atoms with E-state index in [9.17, 15) is 14.7 Å². The number of carbonyl (C=O) groups excluding carboxylic acids is 1. The summed E-state index contributed by atoms with van der Waals surface area (Å²) in [6, 6.07) is 20.8. The third kappa shape index (κ3) is 5.35. The van der Waals surface area contributed by atoms with Crippen LogP contribution in [0.3, 0.4) is 0 Å². The molecule has 190 valence electrons. The zero-order valence-corrected chi connectivity index (χ0v) is 20.9. The lowest BCUT2D eigenvalue weighted by atomic mass is 9.94. The minimum Gasteiger partial charge on any atom is -0.497 e. The summed E-state index contributed by atoms with van der Waals surface area (Å²) in [5.74, 6) is 0.533. The summed E-state index contributed by atoms with van der Waals surface area (Å²) in [6.07, 6.45) is 6.45. The van der Waals surface area contributed by atoms with E-state index in [1.165, 1.54) is 19.3 Å². The van der Waals surface area contributed by atoms with E-state index in [1.807, 2.05) is 54.6 Å². The number of hydrogen-bond donors (Lipinski definition) is 2. The van der Waals surface area contributed by atoms with E-state index in [2.05, 4.69) is 9.88 Å². The highest BCUT2D eigenvalue weighted by Crippen LogP contribution is 2.36. The summed E-state index contributed by atoms with van der Waals surface area (Å²) >= 11 is 0. The van der Waals surface area contributed by atoms with Gasteiger partial charge in [-0.3, -0.25) is 4.79 Å². The van der Waals surface area contributed by atoms with Gasteiger partial charge in [-0.15, -0.1) is 0 Å². The molecule has 1 aliphatic rings. The second-order valence-electron chi connectivity index (χ2n) is 9.54. The summed E-state index contributed by atoms with van der Waals surface area (Å²) in [7, 11) is 1.64. The van der Waals surface area contributed by atoms with Crippen molar-refractivity contribution in [2.45, 2.75) is 44.6 Å². The molecule has 0 bridgehead atoms. The predicted molar refractivity (Wildman–Crippen MR) is 143 cm³/mol. The van der Waals surface area contributed by atoms with Crippen LogP contribution in [0.5, 0.6) is 5.75 Å². The predicted octanol–water partition coefficient (Wildman–Crippen LogP) is 5.89. The van der Waals surface area contributed by atoms with E-state index >= 15 is 0 Å². The van der Waals surface area contributed by atoms with Crippen LogP contribution in [0.25, 0.3) is 22.4 Å². The number of benzene rings is 3. The average Bonchev–Trinajstić information content (AvgIpc) is 3.32. The van der Waals surface area contributed by atoms with Gasteiger partial charge in [0.25, 0.3) is 5.91 Å². The van der Waals surface area contributed by atoms with Crippen molar-refractivity contribution in [3.8, 4) is 17.1 Å². The number of imidazole rings is 1. The highest BCUT2D eigenvalue weighted by Gasteiger charge is 2.23. The fourth-order valence-electron chi connectivity index (χ4n) is 5.17. The number of methoxy groups -OCH3 is 1. The molecule has 0 radical (unpaired) electrons. The number of aromatic carboxylic acids is 1. The molecule has 0 unspecified atom stereocenters. The highest BCUT2D eigenvalue weighted by molar-refractivity contribution is 5.95. The van der Waals surface area contributed by atoms with Gasteiger partial charge in [-0.1, -0.05) is 43.5 Å². The normalized spacial score (nSPS) is 14.0. The zero-order valence-electron chi connectivity index (χ0n) is 20.9. The molecular formula is C30H31N3O4. The van der Waals surface area contributed by atoms with E-state index in [-0.39, 0.29) is 11.5 Å². The number of nitrogens with zero attached hydrogens (tertiary/aromatic N) is 2. The Morgan fingerprint density at radius 1 is 1.00 bits per heavy atom. The van der Waals surface area contributed by atoms with Crippen LogP contribution in [-0.2, 0) is 6.42 Å². The largest absolute Gasteiger partial charge is 0.497 e. The van der Waals surface area contributed by atoms with Crippen molar-refractivity contribution >= 4 is 22.9 Å². The molecule has 2 N–H and O–H groups in total. The van der Waals surface area contributed by atoms with E-state index in [0.29, 0.717) is 30.1 Å². The topological polar surface area (TPSA) is 93.4 Å². The third-order valence-corrected chi connectivity index (χ3v) is 7.11. The molecular weight excluding hydrogens is 466 g/mol. The monoisotopic (exact) mass is 497 g/mol. The molecule has 1 aromatic heterocycles. The number of rotatable bonds is 8. The summed E-state index contributed by atoms with van der Waals surface area (Å²) in [6.45, 7) is 0.525. The van der Waals surface area contributed by atoms with Crippen molar-refractivity contribution in [3.05, 3.63) is 83.4 Å². The number of aromatic nitrogens is 2. The molecule has 1 fully saturated rings. The average molecular weight is 498 g/mol. The standard InChI is InChI=1S/C30H31N3O4/c1-37-25-9-5-6-20(18-25)16-17-31-29(34)22-12-10-21(11-13-22)28-32-26-19-23(30(35)36)14-15-27(26)33(28)24-7-3-2-4-8-24/h5-6,9-15,18-19,24H,2-4,7-8,16-17H2,1H3,(H,31,34)(H,35,36). The van der Waals surface area contributed by atoms with Crippen LogP contribution in [0.1, 0.15) is 64.4 Å². The first-order valence-corrected chi connectivity index (χ1v) is 12.8. The smallest absolute Gasteiger partial charge is 0.335 e. The van der Waals surface area contributed by atoms with Crippen molar-refractivity contribution in [1.82, 2.24) is 14.9 Å². The first kappa shape index (κ1) is 24.6. The number of ether oxygens (including phenoxy) is 1. The molecule has 37 heavy (non-hydrogen) atoms. The molecule has 0 saturated heterocycles. The number of fused-ring (bicyclic) bond motifs is 1. The first-order chi connectivity index (χ1) is 18.0. The number of carbonyl (C=O) groups is 2. The molecule has 1 heterocycles. The lowest BCUT2D eigenvalue weighted by Gasteiger charge is -2.25. The van der Waals surface area contributed by atoms with Crippen molar-refractivity contribution < 1.29 is 19.4 Å². The second-order valence-corrected chi connectivity index (χ2v) is 9.54. The van der Waals surface area contributed by atoms with Gasteiger partial charge in [0, 0.05) is 23.7 Å². The Morgan fingerprint density at radius 2 is 1.76 bits per heavy atom. The van der Waals surface area contributed by atoms with E-state index in [4.69, 9.17) is 9.72 Å². The van der Waals surface area contributed by atoms with Crippen LogP contribution in [0.4, 0.5) is 0 Å². The van der Waals surface area contributed by atoms with Gasteiger partial charge < -0.3 is 19.7 Å². The maximum atomic E-state index is 12.8. The number of hydrogen-bond acceptors (Lipinski definition) is 4. The van der Waals surface area contributed by atoms with Crippen molar-refractivity contribution in [1.29, 1.82) is 0 Å². The molecule has 0 spiro atoms. The molecule has 0 aliphatic heterocycles. The molecule has 0 atom stereocenters. The number of carboxylic acid groups (broad SMARTS) is 1. The lowest BCUT2D eigenvalue weighted by molar-refractivity contribution is 0.0696. The Labute approximate surface area is 216 Å². The van der Waals surface area contributed by atoms with Crippen molar-refractivity contribution in [2.24, 2.45) is 0 Å². The van der Waals surface area contributed by atoms with Crippen molar-refractivity contribution in [3.63, 3.8) is 0 Å². The summed E-state index contributed by atoms with van der Waals surface area (Å²) in [5, 5.41) is 12.4. The molecule has 3 aromatic carbocycles. The van der Waals surface area contributed by atoms with Gasteiger partial charge >= 0.3 is 5.97 Å². The number of carboxylic acids is 1. The SMILES string of the molecule is COc1cccc(CCNC(=O)c2ccc(-c3nc4cc(C(=O)O)ccc4n3C3CCCCC3)cc2)c1. The summed E-state index contributed by atoms with van der Waals surface area (Å²) < 4.78 is 7.53. The molecule has 5 rings (SSSR count). The molecule has 4 aromatic rings. The Morgan fingerprint density at radius 3 is 2.49 bits per heavy atom.